The van der Waals surface area contributed by atoms with Gasteiger partial charge in [-0.25, -0.2) is 9.37 Å². The Bertz CT molecular complexity index is 1090. The van der Waals surface area contributed by atoms with Crippen LogP contribution in [0.15, 0.2) is 47.3 Å². The van der Waals surface area contributed by atoms with Gasteiger partial charge in [-0.15, -0.1) is 0 Å². The van der Waals surface area contributed by atoms with E-state index in [0.717, 1.165) is 18.8 Å². The third-order valence-electron chi connectivity index (χ3n) is 5.78. The summed E-state index contributed by atoms with van der Waals surface area (Å²) in [5, 5.41) is 0.571. The molecule has 0 aliphatic carbocycles. The molecule has 2 unspecified atom stereocenters. The maximum absolute atomic E-state index is 14.2. The van der Waals surface area contributed by atoms with Crippen molar-refractivity contribution < 1.29 is 4.39 Å². The van der Waals surface area contributed by atoms with Gasteiger partial charge in [0.05, 0.1) is 22.5 Å². The van der Waals surface area contributed by atoms with Crippen molar-refractivity contribution in [1.29, 1.82) is 0 Å². The van der Waals surface area contributed by atoms with Gasteiger partial charge in [-0.3, -0.25) is 14.3 Å². The number of fused-ring (bicyclic) bond motifs is 2. The lowest BCUT2D eigenvalue weighted by Crippen LogP contribution is -2.78. The summed E-state index contributed by atoms with van der Waals surface area (Å²) in [5.41, 5.74) is 1.83. The van der Waals surface area contributed by atoms with Gasteiger partial charge in [-0.1, -0.05) is 12.1 Å². The average Bonchev–Trinajstić information content (AvgIpc) is 2.63. The van der Waals surface area contributed by atoms with Crippen LogP contribution in [0, 0.1) is 5.82 Å². The van der Waals surface area contributed by atoms with Crippen LogP contribution in [0.5, 0.6) is 0 Å². The third kappa shape index (κ3) is 2.05. The Labute approximate surface area is 150 Å². The molecule has 2 aromatic carbocycles. The Kier molecular flexibility index (Phi) is 3.21. The van der Waals surface area contributed by atoms with Gasteiger partial charge in [0, 0.05) is 31.9 Å². The van der Waals surface area contributed by atoms with Crippen molar-refractivity contribution in [3.05, 3.63) is 58.6 Å². The van der Waals surface area contributed by atoms with Crippen molar-refractivity contribution in [2.45, 2.75) is 12.1 Å². The van der Waals surface area contributed by atoms with Gasteiger partial charge in [0.25, 0.3) is 5.56 Å². The van der Waals surface area contributed by atoms with Gasteiger partial charge in [0.15, 0.2) is 0 Å². The summed E-state index contributed by atoms with van der Waals surface area (Å²) in [7, 11) is 3.78. The standard InChI is InChI=1S/C20H19FN4O/c1-23-10-18-17(23)11-25(18)12-7-8-16-14(9-12)20(26)24(2)19(22-16)13-5-3-4-6-15(13)21/h3-9,17-18H,10-11H2,1-2H3. The Morgan fingerprint density at radius 2 is 1.88 bits per heavy atom. The van der Waals surface area contributed by atoms with E-state index in [9.17, 15) is 9.18 Å². The topological polar surface area (TPSA) is 41.4 Å². The summed E-state index contributed by atoms with van der Waals surface area (Å²) in [4.78, 5) is 22.2. The van der Waals surface area contributed by atoms with Crippen LogP contribution in [0.2, 0.25) is 0 Å². The largest absolute Gasteiger partial charge is 0.364 e. The summed E-state index contributed by atoms with van der Waals surface area (Å²) in [5.74, 6) is -0.0373. The number of nitrogens with zero attached hydrogens (tertiary/aromatic N) is 4. The fourth-order valence-electron chi connectivity index (χ4n) is 4.09. The van der Waals surface area contributed by atoms with E-state index in [4.69, 9.17) is 0 Å². The van der Waals surface area contributed by atoms with Gasteiger partial charge in [0.1, 0.15) is 11.6 Å². The summed E-state index contributed by atoms with van der Waals surface area (Å²) >= 11 is 0. The second kappa shape index (κ2) is 5.38. The molecule has 0 bridgehead atoms. The molecule has 5 rings (SSSR count). The predicted octanol–water partition coefficient (Wildman–Crippen LogP) is 2.24. The number of likely N-dealkylation sites (tertiary alicyclic amines) is 1. The minimum absolute atomic E-state index is 0.155. The van der Waals surface area contributed by atoms with E-state index in [2.05, 4.69) is 21.8 Å². The lowest BCUT2D eigenvalue weighted by Gasteiger charge is -2.62. The van der Waals surface area contributed by atoms with E-state index in [1.807, 2.05) is 18.2 Å². The molecule has 3 aromatic rings. The summed E-state index contributed by atoms with van der Waals surface area (Å²) in [6.45, 7) is 2.05. The van der Waals surface area contributed by atoms with Crippen LogP contribution in [-0.4, -0.2) is 46.7 Å². The first-order chi connectivity index (χ1) is 12.5. The molecule has 26 heavy (non-hydrogen) atoms. The molecule has 0 amide bonds. The van der Waals surface area contributed by atoms with Crippen LogP contribution in [0.4, 0.5) is 10.1 Å². The molecule has 1 aromatic heterocycles. The molecule has 0 radical (unpaired) electrons. The highest BCUT2D eigenvalue weighted by Crippen LogP contribution is 2.36. The molecule has 5 nitrogen and oxygen atoms in total. The van der Waals surface area contributed by atoms with Crippen molar-refractivity contribution in [2.75, 3.05) is 25.0 Å². The SMILES string of the molecule is CN1CC2C1CN2c1ccc2nc(-c3ccccc3F)n(C)c(=O)c2c1. The highest BCUT2D eigenvalue weighted by Gasteiger charge is 2.49. The summed E-state index contributed by atoms with van der Waals surface area (Å²) < 4.78 is 15.6. The lowest BCUT2D eigenvalue weighted by atomic mass is 9.85. The summed E-state index contributed by atoms with van der Waals surface area (Å²) in [6, 6.07) is 13.4. The van der Waals surface area contributed by atoms with Gasteiger partial charge in [0.2, 0.25) is 0 Å². The molecule has 3 heterocycles. The van der Waals surface area contributed by atoms with E-state index in [1.165, 1.54) is 10.6 Å². The number of likely N-dealkylation sites (N-methyl/N-ethyl adjacent to an activating group) is 1. The number of hydrogen-bond acceptors (Lipinski definition) is 4. The Morgan fingerprint density at radius 1 is 1.08 bits per heavy atom. The lowest BCUT2D eigenvalue weighted by molar-refractivity contribution is 0.0369. The van der Waals surface area contributed by atoms with Crippen molar-refractivity contribution >= 4 is 16.6 Å². The van der Waals surface area contributed by atoms with Gasteiger partial charge < -0.3 is 4.90 Å². The Morgan fingerprint density at radius 3 is 2.58 bits per heavy atom. The van der Waals surface area contributed by atoms with E-state index in [1.54, 1.807) is 25.2 Å². The molecule has 2 aliphatic heterocycles. The minimum Gasteiger partial charge on any atom is -0.364 e. The quantitative estimate of drug-likeness (QED) is 0.711. The van der Waals surface area contributed by atoms with Crippen LogP contribution in [0.1, 0.15) is 0 Å². The number of rotatable bonds is 2. The van der Waals surface area contributed by atoms with Crippen LogP contribution < -0.4 is 10.5 Å². The van der Waals surface area contributed by atoms with E-state index < -0.39 is 0 Å². The van der Waals surface area contributed by atoms with Gasteiger partial charge in [-0.2, -0.15) is 0 Å². The zero-order valence-electron chi connectivity index (χ0n) is 14.7. The molecule has 0 saturated carbocycles. The molecule has 6 heteroatoms. The van der Waals surface area contributed by atoms with Crippen LogP contribution in [0.3, 0.4) is 0 Å². The molecule has 132 valence electrons. The average molecular weight is 350 g/mol. The second-order valence-electron chi connectivity index (χ2n) is 7.21. The highest BCUT2D eigenvalue weighted by atomic mass is 19.1. The normalized spacial score (nSPS) is 22.0. The van der Waals surface area contributed by atoms with Crippen molar-refractivity contribution in [3.63, 3.8) is 0 Å². The Balaban J connectivity index is 1.61. The molecule has 2 aliphatic rings. The first-order valence-electron chi connectivity index (χ1n) is 8.77. The molecular weight excluding hydrogens is 331 g/mol. The van der Waals surface area contributed by atoms with Gasteiger partial charge >= 0.3 is 0 Å². The van der Waals surface area contributed by atoms with Crippen LogP contribution in [0.25, 0.3) is 22.3 Å². The molecule has 2 fully saturated rings. The Hall–Kier alpha value is -2.73. The number of benzene rings is 2. The second-order valence-corrected chi connectivity index (χ2v) is 7.21. The maximum atomic E-state index is 14.2. The molecule has 2 atom stereocenters. The molecular formula is C20H19FN4O. The highest BCUT2D eigenvalue weighted by molar-refractivity contribution is 5.84. The number of anilines is 1. The fourth-order valence-corrected chi connectivity index (χ4v) is 4.09. The van der Waals surface area contributed by atoms with Gasteiger partial charge in [-0.05, 0) is 37.4 Å². The maximum Gasteiger partial charge on any atom is 0.261 e. The monoisotopic (exact) mass is 350 g/mol. The van der Waals surface area contributed by atoms with E-state index in [0.29, 0.717) is 34.4 Å². The number of aromatic nitrogens is 2. The number of piperazine rings is 1. The molecule has 2 saturated heterocycles. The predicted molar refractivity (Wildman–Crippen MR) is 99.9 cm³/mol. The molecule has 0 spiro atoms. The van der Waals surface area contributed by atoms with E-state index in [-0.39, 0.29) is 11.4 Å². The zero-order valence-corrected chi connectivity index (χ0v) is 14.7. The zero-order chi connectivity index (χ0) is 18.0. The first kappa shape index (κ1) is 15.5. The van der Waals surface area contributed by atoms with Crippen molar-refractivity contribution in [2.24, 2.45) is 7.05 Å². The van der Waals surface area contributed by atoms with Crippen LogP contribution >= 0.6 is 0 Å². The minimum atomic E-state index is -0.383. The number of hydrogen-bond donors (Lipinski definition) is 0. The number of halogens is 1. The smallest absolute Gasteiger partial charge is 0.261 e. The first-order valence-corrected chi connectivity index (χ1v) is 8.77. The van der Waals surface area contributed by atoms with Crippen LogP contribution in [-0.2, 0) is 7.05 Å². The van der Waals surface area contributed by atoms with E-state index >= 15 is 0 Å². The molecule has 0 N–H and O–H groups in total. The third-order valence-corrected chi connectivity index (χ3v) is 5.78. The van der Waals surface area contributed by atoms with Crippen molar-refractivity contribution in [1.82, 2.24) is 14.5 Å². The fraction of sp³-hybridized carbons (Fsp3) is 0.300. The summed E-state index contributed by atoms with van der Waals surface area (Å²) in [6.07, 6.45) is 0. The van der Waals surface area contributed by atoms with Crippen molar-refractivity contribution in [3.8, 4) is 11.4 Å².